The Bertz CT molecular complexity index is 332. The fraction of sp³-hybridized carbons (Fsp3) is 0.375. The fourth-order valence-electron chi connectivity index (χ4n) is 0.838. The van der Waals surface area contributed by atoms with E-state index in [0.29, 0.717) is 4.88 Å². The lowest BCUT2D eigenvalue weighted by Crippen LogP contribution is -2.10. The van der Waals surface area contributed by atoms with Crippen molar-refractivity contribution in [3.63, 3.8) is 0 Å². The SMILES string of the molecule is O=C(CCC(F)(F)F)c1cc(Br)cs1. The highest BCUT2D eigenvalue weighted by Crippen LogP contribution is 2.25. The molecule has 1 nitrogen and oxygen atoms in total. The normalized spacial score (nSPS) is 11.7. The molecule has 0 unspecified atom stereocenters. The zero-order valence-electron chi connectivity index (χ0n) is 6.90. The molecule has 1 aromatic rings. The first-order valence-electron chi connectivity index (χ1n) is 3.72. The number of rotatable bonds is 3. The van der Waals surface area contributed by atoms with E-state index < -0.39 is 24.8 Å². The molecule has 1 aromatic heterocycles. The van der Waals surface area contributed by atoms with Gasteiger partial charge in [-0.3, -0.25) is 4.79 Å². The minimum Gasteiger partial charge on any atom is -0.293 e. The van der Waals surface area contributed by atoms with E-state index in [1.807, 2.05) is 0 Å². The van der Waals surface area contributed by atoms with Gasteiger partial charge in [-0.25, -0.2) is 0 Å². The number of carbonyl (C=O) groups is 1. The largest absolute Gasteiger partial charge is 0.389 e. The first kappa shape index (κ1) is 11.7. The third-order valence-corrected chi connectivity index (χ3v) is 3.21. The van der Waals surface area contributed by atoms with Gasteiger partial charge in [-0.2, -0.15) is 13.2 Å². The average molecular weight is 287 g/mol. The van der Waals surface area contributed by atoms with Crippen LogP contribution >= 0.6 is 27.3 Å². The number of carbonyl (C=O) groups excluding carboxylic acids is 1. The Kier molecular flexibility index (Phi) is 3.71. The van der Waals surface area contributed by atoms with Crippen LogP contribution in [-0.2, 0) is 0 Å². The van der Waals surface area contributed by atoms with Crippen LogP contribution in [0.15, 0.2) is 15.9 Å². The predicted molar refractivity (Wildman–Crippen MR) is 51.6 cm³/mol. The molecule has 0 atom stereocenters. The van der Waals surface area contributed by atoms with Crippen LogP contribution in [0.25, 0.3) is 0 Å². The molecule has 0 aliphatic rings. The van der Waals surface area contributed by atoms with E-state index in [1.54, 1.807) is 5.38 Å². The van der Waals surface area contributed by atoms with E-state index in [4.69, 9.17) is 0 Å². The second kappa shape index (κ2) is 4.44. The molecule has 0 spiro atoms. The topological polar surface area (TPSA) is 17.1 Å². The minimum atomic E-state index is -4.26. The zero-order valence-corrected chi connectivity index (χ0v) is 9.30. The highest BCUT2D eigenvalue weighted by Gasteiger charge is 2.28. The summed E-state index contributed by atoms with van der Waals surface area (Å²) >= 11 is 4.27. The molecule has 0 bridgehead atoms. The van der Waals surface area contributed by atoms with Gasteiger partial charge in [0.15, 0.2) is 5.78 Å². The van der Waals surface area contributed by atoms with Gasteiger partial charge >= 0.3 is 6.18 Å². The summed E-state index contributed by atoms with van der Waals surface area (Å²) in [5.41, 5.74) is 0. The van der Waals surface area contributed by atoms with E-state index in [0.717, 1.165) is 15.8 Å². The molecule has 0 aromatic carbocycles. The zero-order chi connectivity index (χ0) is 10.8. The van der Waals surface area contributed by atoms with Crippen LogP contribution < -0.4 is 0 Å². The Balaban J connectivity index is 2.52. The van der Waals surface area contributed by atoms with Crippen LogP contribution in [0, 0.1) is 0 Å². The van der Waals surface area contributed by atoms with Gasteiger partial charge < -0.3 is 0 Å². The maximum absolute atomic E-state index is 11.8. The molecule has 0 N–H and O–H groups in total. The number of hydrogen-bond donors (Lipinski definition) is 0. The summed E-state index contributed by atoms with van der Waals surface area (Å²) < 4.78 is 36.1. The molecular formula is C8H6BrF3OS. The fourth-order valence-corrected chi connectivity index (χ4v) is 2.23. The minimum absolute atomic E-state index is 0.362. The van der Waals surface area contributed by atoms with Crippen molar-refractivity contribution in [2.45, 2.75) is 19.0 Å². The summed E-state index contributed by atoms with van der Waals surface area (Å²) in [6.07, 6.45) is -5.79. The van der Waals surface area contributed by atoms with Crippen molar-refractivity contribution < 1.29 is 18.0 Å². The van der Waals surface area contributed by atoms with Crippen molar-refractivity contribution in [1.29, 1.82) is 0 Å². The number of alkyl halides is 3. The molecule has 14 heavy (non-hydrogen) atoms. The second-order valence-electron chi connectivity index (χ2n) is 2.67. The maximum atomic E-state index is 11.8. The molecule has 6 heteroatoms. The van der Waals surface area contributed by atoms with Crippen molar-refractivity contribution in [1.82, 2.24) is 0 Å². The maximum Gasteiger partial charge on any atom is 0.389 e. The Morgan fingerprint density at radius 1 is 1.50 bits per heavy atom. The smallest absolute Gasteiger partial charge is 0.293 e. The third-order valence-electron chi connectivity index (χ3n) is 1.48. The monoisotopic (exact) mass is 286 g/mol. The van der Waals surface area contributed by atoms with Gasteiger partial charge in [-0.1, -0.05) is 0 Å². The Labute approximate surface area is 91.1 Å². The molecule has 0 aliphatic heterocycles. The highest BCUT2D eigenvalue weighted by atomic mass is 79.9. The summed E-state index contributed by atoms with van der Waals surface area (Å²) in [4.78, 5) is 11.6. The molecule has 0 amide bonds. The number of thiophene rings is 1. The van der Waals surface area contributed by atoms with Gasteiger partial charge in [0.25, 0.3) is 0 Å². The molecule has 1 rings (SSSR count). The van der Waals surface area contributed by atoms with Crippen LogP contribution in [0.4, 0.5) is 13.2 Å². The van der Waals surface area contributed by atoms with Crippen LogP contribution in [-0.4, -0.2) is 12.0 Å². The van der Waals surface area contributed by atoms with E-state index in [9.17, 15) is 18.0 Å². The van der Waals surface area contributed by atoms with E-state index in [-0.39, 0.29) is 0 Å². The predicted octanol–water partition coefficient (Wildman–Crippen LogP) is 4.04. The number of ketones is 1. The van der Waals surface area contributed by atoms with Crippen LogP contribution in [0.5, 0.6) is 0 Å². The average Bonchev–Trinajstić information content (AvgIpc) is 2.46. The summed E-state index contributed by atoms with van der Waals surface area (Å²) in [7, 11) is 0. The molecule has 1 heterocycles. The Morgan fingerprint density at radius 3 is 2.57 bits per heavy atom. The standard InChI is InChI=1S/C8H6BrF3OS/c9-5-3-7(14-4-5)6(13)1-2-8(10,11)12/h3-4H,1-2H2. The van der Waals surface area contributed by atoms with Crippen molar-refractivity contribution in [2.75, 3.05) is 0 Å². The van der Waals surface area contributed by atoms with Crippen molar-refractivity contribution >= 4 is 33.0 Å². The van der Waals surface area contributed by atoms with Crippen LogP contribution in [0.1, 0.15) is 22.5 Å². The molecule has 0 saturated carbocycles. The molecule has 0 fully saturated rings. The summed E-state index contributed by atoms with van der Waals surface area (Å²) in [6.45, 7) is 0. The lowest BCUT2D eigenvalue weighted by molar-refractivity contribution is -0.133. The molecule has 0 saturated heterocycles. The summed E-state index contributed by atoms with van der Waals surface area (Å²) in [5, 5.41) is 1.67. The molecule has 0 radical (unpaired) electrons. The summed E-state index contributed by atoms with van der Waals surface area (Å²) in [6, 6.07) is 1.53. The third kappa shape index (κ3) is 3.79. The van der Waals surface area contributed by atoms with Crippen LogP contribution in [0.3, 0.4) is 0 Å². The van der Waals surface area contributed by atoms with Gasteiger partial charge in [-0.05, 0) is 22.0 Å². The van der Waals surface area contributed by atoms with Crippen molar-refractivity contribution in [3.8, 4) is 0 Å². The Morgan fingerprint density at radius 2 is 2.14 bits per heavy atom. The number of hydrogen-bond acceptors (Lipinski definition) is 2. The van der Waals surface area contributed by atoms with Crippen molar-refractivity contribution in [3.05, 3.63) is 20.8 Å². The molecular weight excluding hydrogens is 281 g/mol. The first-order chi connectivity index (χ1) is 6.38. The van der Waals surface area contributed by atoms with E-state index >= 15 is 0 Å². The van der Waals surface area contributed by atoms with E-state index in [2.05, 4.69) is 15.9 Å². The second-order valence-corrected chi connectivity index (χ2v) is 4.49. The summed E-state index contributed by atoms with van der Waals surface area (Å²) in [5.74, 6) is -0.460. The molecule has 0 aliphatic carbocycles. The van der Waals surface area contributed by atoms with Crippen LogP contribution in [0.2, 0.25) is 0 Å². The number of Topliss-reactive ketones (excluding diaryl/α,β-unsaturated/α-hetero) is 1. The van der Waals surface area contributed by atoms with Gasteiger partial charge in [0, 0.05) is 16.3 Å². The first-order valence-corrected chi connectivity index (χ1v) is 5.40. The lowest BCUT2D eigenvalue weighted by Gasteiger charge is -2.03. The Hall–Kier alpha value is -0.360. The van der Waals surface area contributed by atoms with Crippen molar-refractivity contribution in [2.24, 2.45) is 0 Å². The van der Waals surface area contributed by atoms with Gasteiger partial charge in [0.1, 0.15) is 0 Å². The molecule has 78 valence electrons. The number of halogens is 4. The van der Waals surface area contributed by atoms with Gasteiger partial charge in [0.2, 0.25) is 0 Å². The highest BCUT2D eigenvalue weighted by molar-refractivity contribution is 9.10. The quantitative estimate of drug-likeness (QED) is 0.767. The van der Waals surface area contributed by atoms with Gasteiger partial charge in [0.05, 0.1) is 11.3 Å². The van der Waals surface area contributed by atoms with Gasteiger partial charge in [-0.15, -0.1) is 11.3 Å². The lowest BCUT2D eigenvalue weighted by atomic mass is 10.2. The van der Waals surface area contributed by atoms with E-state index in [1.165, 1.54) is 6.07 Å².